The Bertz CT molecular complexity index is 1860. The van der Waals surface area contributed by atoms with Crippen LogP contribution in [0.5, 0.6) is 0 Å². The number of cyclic esters (lactones) is 1. The minimum Gasteiger partial charge on any atom is -0.455 e. The second-order valence-electron chi connectivity index (χ2n) is 14.1. The lowest BCUT2D eigenvalue weighted by Gasteiger charge is -2.35. The second kappa shape index (κ2) is 16.0. The van der Waals surface area contributed by atoms with Crippen LogP contribution in [-0.4, -0.2) is 111 Å². The average Bonchev–Trinajstić information content (AvgIpc) is 3.92. The van der Waals surface area contributed by atoms with Gasteiger partial charge in [-0.2, -0.15) is 0 Å². The predicted octanol–water partition coefficient (Wildman–Crippen LogP) is 2.69. The highest BCUT2D eigenvalue weighted by molar-refractivity contribution is 5.99. The summed E-state index contributed by atoms with van der Waals surface area (Å²) in [6.45, 7) is 0.614. The number of unbranched alkanes of at least 4 members (excludes halogenated alkanes) is 3. The number of likely N-dealkylation sites (tertiary alicyclic amines) is 1. The number of nitrogens with one attached hydrogen (secondary N) is 1. The molecule has 7 rings (SSSR count). The molecule has 2 saturated heterocycles. The largest absolute Gasteiger partial charge is 0.455 e. The maximum atomic E-state index is 15.1. The van der Waals surface area contributed by atoms with Crippen molar-refractivity contribution in [3.8, 4) is 0 Å². The Morgan fingerprint density at radius 2 is 1.77 bits per heavy atom. The van der Waals surface area contributed by atoms with Gasteiger partial charge in [0.2, 0.25) is 11.8 Å². The molecule has 0 saturated carbocycles. The van der Waals surface area contributed by atoms with Crippen LogP contribution < -0.4 is 5.32 Å². The number of esters is 1. The van der Waals surface area contributed by atoms with Crippen molar-refractivity contribution in [2.45, 2.75) is 75.1 Å². The first-order valence-corrected chi connectivity index (χ1v) is 18.4. The number of para-hydroxylation sites is 1. The third kappa shape index (κ3) is 7.10. The van der Waals surface area contributed by atoms with Gasteiger partial charge in [0.1, 0.15) is 35.9 Å². The molecule has 2 aromatic carbocycles. The molecule has 0 aliphatic carbocycles. The van der Waals surface area contributed by atoms with Crippen molar-refractivity contribution in [1.82, 2.24) is 30.1 Å². The van der Waals surface area contributed by atoms with E-state index in [1.807, 2.05) is 66.7 Å². The second-order valence-corrected chi connectivity index (χ2v) is 14.1. The molecule has 5 heterocycles. The van der Waals surface area contributed by atoms with Crippen molar-refractivity contribution in [2.24, 2.45) is 11.8 Å². The first-order valence-electron chi connectivity index (χ1n) is 18.4. The molecule has 0 radical (unpaired) electrons. The van der Waals surface area contributed by atoms with Crippen molar-refractivity contribution in [1.29, 1.82) is 0 Å². The van der Waals surface area contributed by atoms with Gasteiger partial charge in [-0.05, 0) is 37.0 Å². The van der Waals surface area contributed by atoms with Gasteiger partial charge in [-0.15, -0.1) is 5.10 Å². The van der Waals surface area contributed by atoms with E-state index in [-0.39, 0.29) is 57.1 Å². The van der Waals surface area contributed by atoms with Crippen molar-refractivity contribution in [3.05, 3.63) is 84.5 Å². The molecule has 7 atom stereocenters. The Hall–Kier alpha value is -4.92. The summed E-state index contributed by atoms with van der Waals surface area (Å²) in [6, 6.07) is 14.8. The molecular formula is C39H46N6O8. The van der Waals surface area contributed by atoms with Crippen LogP contribution >= 0.6 is 0 Å². The van der Waals surface area contributed by atoms with Gasteiger partial charge in [0.25, 0.3) is 5.91 Å². The summed E-state index contributed by atoms with van der Waals surface area (Å²) in [5.74, 6) is -3.66. The van der Waals surface area contributed by atoms with Gasteiger partial charge in [-0.25, -0.2) is 4.68 Å². The van der Waals surface area contributed by atoms with Crippen LogP contribution in [0.15, 0.2) is 78.9 Å². The zero-order valence-electron chi connectivity index (χ0n) is 29.8. The summed E-state index contributed by atoms with van der Waals surface area (Å²) in [5.41, 5.74) is 0.662. The molecule has 3 amide bonds. The number of benzene rings is 2. The summed E-state index contributed by atoms with van der Waals surface area (Å²) < 4.78 is 20.1. The van der Waals surface area contributed by atoms with Crippen LogP contribution in [0.25, 0.3) is 11.0 Å². The number of carbonyl (C=O) groups is 4. The van der Waals surface area contributed by atoms with Gasteiger partial charge >= 0.3 is 5.97 Å². The van der Waals surface area contributed by atoms with Gasteiger partial charge in [0, 0.05) is 33.2 Å². The van der Waals surface area contributed by atoms with Gasteiger partial charge in [-0.3, -0.25) is 19.2 Å². The fraction of sp³-hybridized carbons (Fsp3) is 0.487. The molecule has 1 spiro atoms. The van der Waals surface area contributed by atoms with E-state index < -0.39 is 47.7 Å². The number of hydrogen-bond donors (Lipinski definition) is 2. The van der Waals surface area contributed by atoms with Crippen molar-refractivity contribution >= 4 is 34.7 Å². The van der Waals surface area contributed by atoms with E-state index in [4.69, 9.17) is 14.2 Å². The van der Waals surface area contributed by atoms with Gasteiger partial charge in [0.15, 0.2) is 0 Å². The normalized spacial score (nSPS) is 29.5. The van der Waals surface area contributed by atoms with E-state index in [1.165, 1.54) is 7.11 Å². The fourth-order valence-corrected chi connectivity index (χ4v) is 8.20. The van der Waals surface area contributed by atoms with E-state index in [1.54, 1.807) is 26.6 Å². The lowest BCUT2D eigenvalue weighted by atomic mass is 9.74. The van der Waals surface area contributed by atoms with Crippen LogP contribution in [0.4, 0.5) is 0 Å². The molecule has 14 heteroatoms. The highest BCUT2D eigenvalue weighted by Crippen LogP contribution is 2.56. The van der Waals surface area contributed by atoms with Gasteiger partial charge in [-0.1, -0.05) is 84.8 Å². The van der Waals surface area contributed by atoms with E-state index in [2.05, 4.69) is 15.6 Å². The van der Waals surface area contributed by atoms with Gasteiger partial charge < -0.3 is 34.4 Å². The highest BCUT2D eigenvalue weighted by atomic mass is 16.6. The van der Waals surface area contributed by atoms with Crippen molar-refractivity contribution in [3.63, 3.8) is 0 Å². The molecule has 4 aliphatic heterocycles. The number of carbonyl (C=O) groups excluding carboxylic acids is 4. The summed E-state index contributed by atoms with van der Waals surface area (Å²) in [7, 11) is 1.51. The Labute approximate surface area is 307 Å². The maximum absolute atomic E-state index is 15.1. The van der Waals surface area contributed by atoms with Crippen LogP contribution in [0.3, 0.4) is 0 Å². The third-order valence-corrected chi connectivity index (χ3v) is 10.7. The molecule has 14 nitrogen and oxygen atoms in total. The summed E-state index contributed by atoms with van der Waals surface area (Å²) in [5, 5.41) is 20.9. The van der Waals surface area contributed by atoms with Crippen LogP contribution in [0.2, 0.25) is 0 Å². The van der Waals surface area contributed by atoms with E-state index in [0.29, 0.717) is 30.3 Å². The first kappa shape index (κ1) is 36.4. The molecule has 53 heavy (non-hydrogen) atoms. The van der Waals surface area contributed by atoms with Crippen molar-refractivity contribution in [2.75, 3.05) is 33.4 Å². The number of aromatic nitrogens is 3. The molecule has 5 bridgehead atoms. The Morgan fingerprint density at radius 3 is 2.58 bits per heavy atom. The smallest absolute Gasteiger partial charge is 0.313 e. The van der Waals surface area contributed by atoms with E-state index in [9.17, 15) is 19.5 Å². The number of amides is 3. The molecule has 2 N–H and O–H groups in total. The maximum Gasteiger partial charge on any atom is 0.313 e. The number of ether oxygens (including phenoxy) is 3. The number of hydrogen-bond acceptors (Lipinski definition) is 10. The lowest BCUT2D eigenvalue weighted by molar-refractivity contribution is -0.162. The predicted molar refractivity (Wildman–Crippen MR) is 191 cm³/mol. The molecule has 3 aromatic rings. The summed E-state index contributed by atoms with van der Waals surface area (Å²) in [4.78, 5) is 60.7. The van der Waals surface area contributed by atoms with Crippen molar-refractivity contribution < 1.29 is 38.5 Å². The molecular weight excluding hydrogens is 680 g/mol. The molecule has 4 aliphatic rings. The summed E-state index contributed by atoms with van der Waals surface area (Å²) in [6.07, 6.45) is 8.82. The number of rotatable bonds is 11. The van der Waals surface area contributed by atoms with E-state index >= 15 is 4.79 Å². The van der Waals surface area contributed by atoms with Crippen LogP contribution in [0.1, 0.15) is 50.2 Å². The number of aliphatic hydroxyl groups excluding tert-OH is 1. The molecule has 280 valence electrons. The minimum atomic E-state index is -1.41. The minimum absolute atomic E-state index is 0.0377. The number of fused-ring (bicyclic) bond motifs is 3. The topological polar surface area (TPSA) is 165 Å². The monoisotopic (exact) mass is 726 g/mol. The molecule has 1 aromatic heterocycles. The summed E-state index contributed by atoms with van der Waals surface area (Å²) >= 11 is 0. The van der Waals surface area contributed by atoms with Gasteiger partial charge in [0.05, 0.1) is 30.2 Å². The molecule has 2 fully saturated rings. The van der Waals surface area contributed by atoms with Crippen LogP contribution in [-0.2, 0) is 40.1 Å². The number of methoxy groups -OCH3 is 1. The quantitative estimate of drug-likeness (QED) is 0.171. The number of nitrogens with zero attached hydrogens (tertiary/aromatic N) is 5. The number of aliphatic hydroxyl groups is 1. The number of allylic oxidation sites excluding steroid dienone is 1. The lowest BCUT2D eigenvalue weighted by Crippen LogP contribution is -2.56. The average molecular weight is 727 g/mol. The highest BCUT2D eigenvalue weighted by Gasteiger charge is 2.73. The first-order chi connectivity index (χ1) is 25.9. The zero-order chi connectivity index (χ0) is 37.0. The Balaban J connectivity index is 1.28. The Morgan fingerprint density at radius 1 is 0.981 bits per heavy atom. The Kier molecular flexibility index (Phi) is 11.0. The fourth-order valence-electron chi connectivity index (χ4n) is 8.20. The van der Waals surface area contributed by atoms with E-state index in [0.717, 1.165) is 18.4 Å². The zero-order valence-corrected chi connectivity index (χ0v) is 29.8. The third-order valence-electron chi connectivity index (χ3n) is 10.7. The standard InChI is InChI=1S/C39H46N6O8/c1-51-24-28-34(26-14-6-4-7-15-26)52-38(50)32-30-19-20-39(53-30)33(32)36(48)44(22-12-2-3-13-23-46)35(39)37(49)43(21-11-5-8-18-31(47)40-28)25-45-29-17-10-9-16-27(29)41-42-45/h4-7,9-11,14-17,19-20,28,30,32-35,46H,2-3,8,12-13,18,21-25H2,1H3,(H,40,47)/b11-5-/t28-,30+,32-,33-,34-,35+,39-/m0/s1. The molecule has 0 unspecified atom stereocenters. The van der Waals surface area contributed by atoms with Crippen LogP contribution in [0, 0.1) is 11.8 Å². The SMILES string of the molecule is COC[C@@H]1NC(=O)CC/C=C\CN(Cn2nnc3ccccc32)C(=O)[C@H]2N(CCCCCCO)C(=O)[C@@H]3[C@@H](C(=O)O[C@H]1c1ccccc1)[C@H]1C=C[C@]32O1.